The number of rotatable bonds is 4. The van der Waals surface area contributed by atoms with Gasteiger partial charge in [0.15, 0.2) is 0 Å². The number of halogens is 3. The van der Waals surface area contributed by atoms with Crippen LogP contribution in [-0.2, 0) is 6.18 Å². The molecule has 0 atom stereocenters. The van der Waals surface area contributed by atoms with Crippen molar-refractivity contribution >= 4 is 17.8 Å². The molecule has 3 aromatic rings. The van der Waals surface area contributed by atoms with Crippen LogP contribution >= 0.6 is 0 Å². The second-order valence-corrected chi connectivity index (χ2v) is 8.03. The minimum Gasteiger partial charge on any atom is -0.439 e. The fourth-order valence-electron chi connectivity index (χ4n) is 3.60. The zero-order chi connectivity index (χ0) is 24.1. The summed E-state index contributed by atoms with van der Waals surface area (Å²) in [6.45, 7) is 3.12. The summed E-state index contributed by atoms with van der Waals surface area (Å²) in [5.41, 5.74) is 2.93. The Morgan fingerprint density at radius 3 is 2.56 bits per heavy atom. The molecule has 1 fully saturated rings. The predicted molar refractivity (Wildman–Crippen MR) is 123 cm³/mol. The fourth-order valence-corrected chi connectivity index (χ4v) is 3.60. The van der Waals surface area contributed by atoms with Crippen molar-refractivity contribution in [3.63, 3.8) is 0 Å². The van der Waals surface area contributed by atoms with Gasteiger partial charge in [0.25, 0.3) is 0 Å². The maximum atomic E-state index is 12.7. The topological polar surface area (TPSA) is 67.4 Å². The number of anilines is 1. The lowest BCUT2D eigenvalue weighted by molar-refractivity contribution is -0.137. The zero-order valence-electron chi connectivity index (χ0n) is 18.5. The SMILES string of the molecule is Cc1cncc(NC(=O)N2CCC(=Cc3cccc(Oc4ccc(C(F)(F)F)cn4)c3)CC2)c1. The molecule has 2 amide bonds. The molecule has 1 saturated heterocycles. The lowest BCUT2D eigenvalue weighted by atomic mass is 10.0. The summed E-state index contributed by atoms with van der Waals surface area (Å²) in [4.78, 5) is 22.1. The van der Waals surface area contributed by atoms with Crippen molar-refractivity contribution in [2.75, 3.05) is 18.4 Å². The molecule has 9 heteroatoms. The number of aromatic nitrogens is 2. The van der Waals surface area contributed by atoms with Gasteiger partial charge in [-0.25, -0.2) is 9.78 Å². The first-order valence-electron chi connectivity index (χ1n) is 10.7. The number of likely N-dealkylation sites (tertiary alicyclic amines) is 1. The van der Waals surface area contributed by atoms with Gasteiger partial charge in [0.05, 0.1) is 17.4 Å². The van der Waals surface area contributed by atoms with Crippen LogP contribution in [0.5, 0.6) is 11.6 Å². The molecule has 0 saturated carbocycles. The number of benzene rings is 1. The van der Waals surface area contributed by atoms with Crippen LogP contribution in [0.15, 0.2) is 66.6 Å². The summed E-state index contributed by atoms with van der Waals surface area (Å²) in [6.07, 6.45) is 3.19. The van der Waals surface area contributed by atoms with E-state index in [0.29, 0.717) is 24.5 Å². The van der Waals surface area contributed by atoms with Crippen molar-refractivity contribution in [3.8, 4) is 11.6 Å². The fraction of sp³-hybridized carbons (Fsp3) is 0.240. The van der Waals surface area contributed by atoms with Gasteiger partial charge in [0.2, 0.25) is 5.88 Å². The minimum absolute atomic E-state index is 0.0842. The second kappa shape index (κ2) is 9.94. The van der Waals surface area contributed by atoms with E-state index in [2.05, 4.69) is 15.3 Å². The third kappa shape index (κ3) is 6.12. The number of amides is 2. The van der Waals surface area contributed by atoms with Gasteiger partial charge in [-0.3, -0.25) is 4.98 Å². The highest BCUT2D eigenvalue weighted by Crippen LogP contribution is 2.30. The van der Waals surface area contributed by atoms with Crippen molar-refractivity contribution in [2.45, 2.75) is 25.9 Å². The third-order valence-electron chi connectivity index (χ3n) is 5.33. The van der Waals surface area contributed by atoms with Crippen molar-refractivity contribution in [2.24, 2.45) is 0 Å². The molecule has 0 unspecified atom stereocenters. The van der Waals surface area contributed by atoms with Gasteiger partial charge >= 0.3 is 12.2 Å². The average Bonchev–Trinajstić information content (AvgIpc) is 2.79. The average molecular weight is 468 g/mol. The molecule has 1 aliphatic rings. The Bertz CT molecular complexity index is 1180. The molecule has 0 aliphatic carbocycles. The molecular formula is C25H23F3N4O2. The summed E-state index contributed by atoms with van der Waals surface area (Å²) in [7, 11) is 0. The van der Waals surface area contributed by atoms with E-state index in [0.717, 1.165) is 36.2 Å². The van der Waals surface area contributed by atoms with Gasteiger partial charge in [-0.2, -0.15) is 13.2 Å². The van der Waals surface area contributed by atoms with Crippen molar-refractivity contribution < 1.29 is 22.7 Å². The molecule has 0 radical (unpaired) electrons. The Hall–Kier alpha value is -3.88. The van der Waals surface area contributed by atoms with E-state index in [1.54, 1.807) is 29.4 Å². The number of carbonyl (C=O) groups is 1. The molecule has 1 N–H and O–H groups in total. The molecule has 0 spiro atoms. The van der Waals surface area contributed by atoms with E-state index in [-0.39, 0.29) is 11.9 Å². The number of pyridine rings is 2. The molecule has 3 heterocycles. The smallest absolute Gasteiger partial charge is 0.417 e. The summed E-state index contributed by atoms with van der Waals surface area (Å²) in [5.74, 6) is 0.561. The first-order chi connectivity index (χ1) is 16.3. The van der Waals surface area contributed by atoms with Crippen LogP contribution in [0.25, 0.3) is 6.08 Å². The van der Waals surface area contributed by atoms with Gasteiger partial charge < -0.3 is 15.0 Å². The maximum absolute atomic E-state index is 12.7. The van der Waals surface area contributed by atoms with Gasteiger partial charge in [-0.05, 0) is 55.2 Å². The van der Waals surface area contributed by atoms with Crippen molar-refractivity contribution in [3.05, 3.63) is 83.3 Å². The standard InChI is InChI=1S/C25H23F3N4O2/c1-17-11-21(16-29-14-17)31-24(33)32-9-7-18(8-10-32)12-19-3-2-4-22(13-19)34-23-6-5-20(15-30-23)25(26,27)28/h2-6,11-16H,7-10H2,1H3,(H,31,33). The molecule has 4 rings (SSSR count). The number of piperidine rings is 1. The molecule has 34 heavy (non-hydrogen) atoms. The van der Waals surface area contributed by atoms with E-state index in [1.807, 2.05) is 31.2 Å². The normalized spacial score (nSPS) is 14.0. The highest BCUT2D eigenvalue weighted by Gasteiger charge is 2.30. The monoisotopic (exact) mass is 468 g/mol. The van der Waals surface area contributed by atoms with E-state index < -0.39 is 11.7 Å². The zero-order valence-corrected chi connectivity index (χ0v) is 18.5. The Kier molecular flexibility index (Phi) is 6.81. The number of hydrogen-bond acceptors (Lipinski definition) is 4. The number of hydrogen-bond donors (Lipinski definition) is 1. The largest absolute Gasteiger partial charge is 0.439 e. The molecule has 1 aromatic carbocycles. The summed E-state index contributed by atoms with van der Waals surface area (Å²) < 4.78 is 43.7. The highest BCUT2D eigenvalue weighted by molar-refractivity contribution is 5.89. The van der Waals surface area contributed by atoms with E-state index >= 15 is 0 Å². The number of nitrogens with one attached hydrogen (secondary N) is 1. The number of carbonyl (C=O) groups excluding carboxylic acids is 1. The maximum Gasteiger partial charge on any atom is 0.417 e. The molecule has 0 bridgehead atoms. The van der Waals surface area contributed by atoms with Gasteiger partial charge in [0.1, 0.15) is 5.75 Å². The quantitative estimate of drug-likeness (QED) is 0.487. The molecule has 6 nitrogen and oxygen atoms in total. The lowest BCUT2D eigenvalue weighted by Gasteiger charge is -2.28. The first-order valence-corrected chi connectivity index (χ1v) is 10.7. The summed E-state index contributed by atoms with van der Waals surface area (Å²) in [5, 5.41) is 2.88. The van der Waals surface area contributed by atoms with Crippen LogP contribution in [-0.4, -0.2) is 34.0 Å². The van der Waals surface area contributed by atoms with Crippen LogP contribution < -0.4 is 10.1 Å². The Morgan fingerprint density at radius 2 is 1.88 bits per heavy atom. The van der Waals surface area contributed by atoms with E-state index in [1.165, 1.54) is 11.6 Å². The van der Waals surface area contributed by atoms with Gasteiger partial charge in [-0.1, -0.05) is 23.8 Å². The summed E-state index contributed by atoms with van der Waals surface area (Å²) in [6, 6.07) is 11.1. The van der Waals surface area contributed by atoms with Crippen LogP contribution in [0.4, 0.5) is 23.7 Å². The lowest BCUT2D eigenvalue weighted by Crippen LogP contribution is -2.39. The third-order valence-corrected chi connectivity index (χ3v) is 5.33. The summed E-state index contributed by atoms with van der Waals surface area (Å²) >= 11 is 0. The number of ether oxygens (including phenoxy) is 1. The highest BCUT2D eigenvalue weighted by atomic mass is 19.4. The van der Waals surface area contributed by atoms with E-state index in [9.17, 15) is 18.0 Å². The van der Waals surface area contributed by atoms with Crippen LogP contribution in [0.2, 0.25) is 0 Å². The number of alkyl halides is 3. The van der Waals surface area contributed by atoms with Crippen LogP contribution in [0.3, 0.4) is 0 Å². The second-order valence-electron chi connectivity index (χ2n) is 8.03. The number of nitrogens with zero attached hydrogens (tertiary/aromatic N) is 3. The first kappa shape index (κ1) is 23.3. The van der Waals surface area contributed by atoms with E-state index in [4.69, 9.17) is 4.74 Å². The van der Waals surface area contributed by atoms with Crippen molar-refractivity contribution in [1.82, 2.24) is 14.9 Å². The van der Waals surface area contributed by atoms with Gasteiger partial charge in [-0.15, -0.1) is 0 Å². The van der Waals surface area contributed by atoms with Crippen molar-refractivity contribution in [1.29, 1.82) is 0 Å². The molecule has 1 aliphatic heterocycles. The van der Waals surface area contributed by atoms with Crippen LogP contribution in [0.1, 0.15) is 29.5 Å². The molecular weight excluding hydrogens is 445 g/mol. The number of aryl methyl sites for hydroxylation is 1. The van der Waals surface area contributed by atoms with Gasteiger partial charge in [0, 0.05) is 31.5 Å². The number of urea groups is 1. The molecule has 2 aromatic heterocycles. The Morgan fingerprint density at radius 1 is 1.09 bits per heavy atom. The predicted octanol–water partition coefficient (Wildman–Crippen LogP) is 6.31. The van der Waals surface area contributed by atoms with Crippen LogP contribution in [0, 0.1) is 6.92 Å². The molecule has 176 valence electrons. The minimum atomic E-state index is -4.44. The Balaban J connectivity index is 1.34. The Labute approximate surface area is 195 Å².